The summed E-state index contributed by atoms with van der Waals surface area (Å²) in [6.45, 7) is 4.66. The van der Waals surface area contributed by atoms with Crippen LogP contribution in [0.15, 0.2) is 28.4 Å². The molecule has 2 heterocycles. The van der Waals surface area contributed by atoms with Gasteiger partial charge < -0.3 is 10.1 Å². The molecule has 1 N–H and O–H groups in total. The number of amides is 1. The lowest BCUT2D eigenvalue weighted by Crippen LogP contribution is -2.28. The number of rotatable bonds is 6. The van der Waals surface area contributed by atoms with Crippen LogP contribution in [-0.4, -0.2) is 24.2 Å². The van der Waals surface area contributed by atoms with Crippen molar-refractivity contribution in [1.29, 1.82) is 0 Å². The smallest absolute Gasteiger partial charge is 0.255 e. The molecule has 120 valence electrons. The molecule has 5 nitrogen and oxygen atoms in total. The number of benzene rings is 1. The van der Waals surface area contributed by atoms with Gasteiger partial charge in [0.15, 0.2) is 5.66 Å². The van der Waals surface area contributed by atoms with E-state index in [9.17, 15) is 4.79 Å². The minimum absolute atomic E-state index is 0.0926. The summed E-state index contributed by atoms with van der Waals surface area (Å²) >= 11 is 0. The Morgan fingerprint density at radius 1 is 1.39 bits per heavy atom. The molecule has 0 aromatic heterocycles. The molecule has 5 heteroatoms. The average molecular weight is 311 g/mol. The molecule has 2 aliphatic heterocycles. The number of terminal acetylenes is 1. The lowest BCUT2D eigenvalue weighted by atomic mass is 9.97. The predicted octanol–water partition coefficient (Wildman–Crippen LogP) is 3.27. The van der Waals surface area contributed by atoms with E-state index in [0.29, 0.717) is 36.6 Å². The first-order valence-corrected chi connectivity index (χ1v) is 8.01. The van der Waals surface area contributed by atoms with Crippen LogP contribution in [-0.2, 0) is 0 Å². The van der Waals surface area contributed by atoms with E-state index in [2.05, 4.69) is 28.4 Å². The second-order valence-electron chi connectivity index (χ2n) is 6.23. The van der Waals surface area contributed by atoms with E-state index >= 15 is 0 Å². The van der Waals surface area contributed by atoms with Gasteiger partial charge in [0, 0.05) is 37.3 Å². The first kappa shape index (κ1) is 15.5. The Bertz CT molecular complexity index is 684. The van der Waals surface area contributed by atoms with Gasteiger partial charge >= 0.3 is 0 Å². The molecule has 0 saturated carbocycles. The number of hydrogen-bond donors (Lipinski definition) is 1. The summed E-state index contributed by atoms with van der Waals surface area (Å²) in [6.07, 6.45) is 7.45. The van der Waals surface area contributed by atoms with Gasteiger partial charge in [0.1, 0.15) is 11.9 Å². The molecule has 1 aromatic rings. The highest BCUT2D eigenvalue weighted by Crippen LogP contribution is 2.40. The third-order valence-corrected chi connectivity index (χ3v) is 4.65. The van der Waals surface area contributed by atoms with Crippen LogP contribution in [0.3, 0.4) is 0 Å². The van der Waals surface area contributed by atoms with E-state index in [4.69, 9.17) is 11.2 Å². The van der Waals surface area contributed by atoms with Crippen LogP contribution in [0.2, 0.25) is 0 Å². The van der Waals surface area contributed by atoms with Crippen LogP contribution < -0.4 is 10.1 Å². The zero-order chi connectivity index (χ0) is 16.4. The number of hydrogen-bond acceptors (Lipinski definition) is 4. The molecule has 1 amide bonds. The van der Waals surface area contributed by atoms with E-state index in [1.54, 1.807) is 6.07 Å². The van der Waals surface area contributed by atoms with Crippen LogP contribution in [0.1, 0.15) is 54.9 Å². The number of carbonyl (C=O) groups is 1. The van der Waals surface area contributed by atoms with Gasteiger partial charge in [-0.15, -0.1) is 12.3 Å². The Morgan fingerprint density at radius 2 is 2.17 bits per heavy atom. The quantitative estimate of drug-likeness (QED) is 0.820. The van der Waals surface area contributed by atoms with Crippen LogP contribution in [0.5, 0.6) is 5.75 Å². The molecule has 3 rings (SSSR count). The Labute approximate surface area is 136 Å². The van der Waals surface area contributed by atoms with Gasteiger partial charge in [0.2, 0.25) is 0 Å². The highest BCUT2D eigenvalue weighted by Gasteiger charge is 2.38. The van der Waals surface area contributed by atoms with Gasteiger partial charge in [0.25, 0.3) is 5.91 Å². The van der Waals surface area contributed by atoms with Gasteiger partial charge in [-0.2, -0.15) is 10.2 Å². The molecule has 2 atom stereocenters. The van der Waals surface area contributed by atoms with Crippen LogP contribution >= 0.6 is 0 Å². The van der Waals surface area contributed by atoms with Crippen molar-refractivity contribution in [3.05, 3.63) is 29.3 Å². The lowest BCUT2D eigenvalue weighted by molar-refractivity contribution is 0.0947. The topological polar surface area (TPSA) is 63.0 Å². The minimum atomic E-state index is -0.363. The van der Waals surface area contributed by atoms with Crippen molar-refractivity contribution < 1.29 is 9.53 Å². The third-order valence-electron chi connectivity index (χ3n) is 4.65. The maximum atomic E-state index is 12.5. The molecule has 1 aromatic carbocycles. The molecular formula is C18H21N3O2. The first-order chi connectivity index (χ1) is 11.1. The number of para-hydroxylation sites is 1. The number of nitrogens with zero attached hydrogens (tertiary/aromatic N) is 2. The molecular weight excluding hydrogens is 290 g/mol. The van der Waals surface area contributed by atoms with Crippen molar-refractivity contribution in [2.75, 3.05) is 6.54 Å². The van der Waals surface area contributed by atoms with E-state index in [1.807, 2.05) is 19.1 Å². The van der Waals surface area contributed by atoms with Crippen molar-refractivity contribution in [2.24, 2.45) is 10.2 Å². The maximum Gasteiger partial charge on any atom is 0.255 e. The predicted molar refractivity (Wildman–Crippen MR) is 87.6 cm³/mol. The largest absolute Gasteiger partial charge is 0.489 e. The summed E-state index contributed by atoms with van der Waals surface area (Å²) in [6, 6.07) is 5.74. The van der Waals surface area contributed by atoms with Gasteiger partial charge in [-0.3, -0.25) is 4.79 Å². The fraction of sp³-hybridized carbons (Fsp3) is 0.500. The van der Waals surface area contributed by atoms with E-state index in [0.717, 1.165) is 12.0 Å². The van der Waals surface area contributed by atoms with Gasteiger partial charge in [-0.05, 0) is 13.0 Å². The summed E-state index contributed by atoms with van der Waals surface area (Å²) in [5, 5.41) is 11.1. The van der Waals surface area contributed by atoms with Crippen molar-refractivity contribution in [2.45, 2.75) is 50.8 Å². The van der Waals surface area contributed by atoms with E-state index in [1.165, 1.54) is 0 Å². The number of fused-ring (bicyclic) bond motifs is 1. The standard InChI is InChI=1S/C18H21N3O2/c1-4-5-9-18(20-21-18)10-11-19-17(22)15-8-6-7-14-12(2)13(3)23-16(14)15/h1,6-8,12-13H,5,9-11H2,2-3H3,(H,19,22). The molecule has 0 spiro atoms. The monoisotopic (exact) mass is 311 g/mol. The van der Waals surface area contributed by atoms with E-state index < -0.39 is 0 Å². The molecule has 0 saturated heterocycles. The molecule has 2 unspecified atom stereocenters. The molecule has 2 aliphatic rings. The second-order valence-corrected chi connectivity index (χ2v) is 6.23. The van der Waals surface area contributed by atoms with Crippen molar-refractivity contribution >= 4 is 5.91 Å². The lowest BCUT2D eigenvalue weighted by Gasteiger charge is -2.12. The molecule has 0 aliphatic carbocycles. The minimum Gasteiger partial charge on any atom is -0.489 e. The van der Waals surface area contributed by atoms with Crippen molar-refractivity contribution in [3.63, 3.8) is 0 Å². The fourth-order valence-corrected chi connectivity index (χ4v) is 2.90. The Morgan fingerprint density at radius 3 is 2.87 bits per heavy atom. The molecule has 0 radical (unpaired) electrons. The SMILES string of the molecule is C#CCCC1(CCNC(=O)c2cccc3c2OC(C)C3C)N=N1. The van der Waals surface area contributed by atoms with Crippen LogP contribution in [0.4, 0.5) is 0 Å². The number of ether oxygens (including phenoxy) is 1. The van der Waals surface area contributed by atoms with Crippen LogP contribution in [0.25, 0.3) is 0 Å². The highest BCUT2D eigenvalue weighted by atomic mass is 16.5. The summed E-state index contributed by atoms with van der Waals surface area (Å²) in [5.74, 6) is 3.50. The van der Waals surface area contributed by atoms with Crippen LogP contribution in [0, 0.1) is 12.3 Å². The Kier molecular flexibility index (Phi) is 4.08. The van der Waals surface area contributed by atoms with Gasteiger partial charge in [0.05, 0.1) is 5.56 Å². The van der Waals surface area contributed by atoms with Gasteiger partial charge in [-0.1, -0.05) is 19.1 Å². The van der Waals surface area contributed by atoms with Crippen molar-refractivity contribution in [3.8, 4) is 18.1 Å². The summed E-state index contributed by atoms with van der Waals surface area (Å²) < 4.78 is 5.86. The third kappa shape index (κ3) is 3.07. The number of nitrogens with one attached hydrogen (secondary N) is 1. The van der Waals surface area contributed by atoms with Crippen molar-refractivity contribution in [1.82, 2.24) is 5.32 Å². The summed E-state index contributed by atoms with van der Waals surface area (Å²) in [7, 11) is 0. The maximum absolute atomic E-state index is 12.5. The first-order valence-electron chi connectivity index (χ1n) is 8.01. The Hall–Kier alpha value is -2.35. The summed E-state index contributed by atoms with van der Waals surface area (Å²) in [5.41, 5.74) is 1.33. The zero-order valence-electron chi connectivity index (χ0n) is 13.5. The molecule has 0 bridgehead atoms. The second kappa shape index (κ2) is 6.04. The fourth-order valence-electron chi connectivity index (χ4n) is 2.90. The Balaban J connectivity index is 1.59. The normalized spacial score (nSPS) is 22.8. The molecule has 23 heavy (non-hydrogen) atoms. The number of carbonyl (C=O) groups excluding carboxylic acids is 1. The average Bonchev–Trinajstić information content (AvgIpc) is 3.26. The molecule has 0 fully saturated rings. The zero-order valence-corrected chi connectivity index (χ0v) is 13.5. The van der Waals surface area contributed by atoms with Gasteiger partial charge in [-0.25, -0.2) is 0 Å². The summed E-state index contributed by atoms with van der Waals surface area (Å²) in [4.78, 5) is 12.5. The van der Waals surface area contributed by atoms with E-state index in [-0.39, 0.29) is 17.7 Å². The highest BCUT2D eigenvalue weighted by molar-refractivity contribution is 5.97.